The van der Waals surface area contributed by atoms with Gasteiger partial charge in [-0.3, -0.25) is 4.79 Å². The Balaban J connectivity index is 2.11. The Morgan fingerprint density at radius 2 is 1.71 bits per heavy atom. The summed E-state index contributed by atoms with van der Waals surface area (Å²) < 4.78 is 2.23. The number of aliphatic hydroxyl groups excluding tert-OH is 1. The summed E-state index contributed by atoms with van der Waals surface area (Å²) in [6.45, 7) is 4.96. The third-order valence-electron chi connectivity index (χ3n) is 3.81. The lowest BCUT2D eigenvalue weighted by molar-refractivity contribution is 0.104. The largest absolute Gasteiger partial charge is 0.393 e. The summed E-state index contributed by atoms with van der Waals surface area (Å²) in [6, 6.07) is 3.40. The second-order valence-electron chi connectivity index (χ2n) is 5.26. The second-order valence-corrected chi connectivity index (χ2v) is 5.26. The standard InChI is InChI=1S/C14H21NO2/c1-10-7-14(17)8-11(2)15(10)9-12-3-5-13(16)6-4-12/h7-8,12-13,16H,3-6,9H2,1-2H3. The maximum atomic E-state index is 11.4. The summed E-state index contributed by atoms with van der Waals surface area (Å²) in [7, 11) is 0. The van der Waals surface area contributed by atoms with Gasteiger partial charge < -0.3 is 9.67 Å². The van der Waals surface area contributed by atoms with Crippen LogP contribution in [-0.4, -0.2) is 15.8 Å². The molecule has 94 valence electrons. The summed E-state index contributed by atoms with van der Waals surface area (Å²) in [6.07, 6.45) is 3.92. The van der Waals surface area contributed by atoms with Crippen molar-refractivity contribution in [1.82, 2.24) is 4.57 Å². The van der Waals surface area contributed by atoms with Gasteiger partial charge in [-0.2, -0.15) is 0 Å². The van der Waals surface area contributed by atoms with Gasteiger partial charge in [-0.05, 0) is 45.4 Å². The quantitative estimate of drug-likeness (QED) is 0.852. The number of rotatable bonds is 2. The van der Waals surface area contributed by atoms with Gasteiger partial charge in [0.15, 0.2) is 5.43 Å². The Morgan fingerprint density at radius 3 is 2.24 bits per heavy atom. The van der Waals surface area contributed by atoms with E-state index >= 15 is 0 Å². The van der Waals surface area contributed by atoms with Gasteiger partial charge in [-0.15, -0.1) is 0 Å². The molecule has 0 bridgehead atoms. The molecular formula is C14H21NO2. The lowest BCUT2D eigenvalue weighted by Crippen LogP contribution is -2.24. The zero-order chi connectivity index (χ0) is 12.4. The second kappa shape index (κ2) is 5.05. The minimum Gasteiger partial charge on any atom is -0.393 e. The van der Waals surface area contributed by atoms with Gasteiger partial charge in [0, 0.05) is 30.1 Å². The Hall–Kier alpha value is -1.09. The van der Waals surface area contributed by atoms with Crippen LogP contribution in [0.1, 0.15) is 37.1 Å². The summed E-state index contributed by atoms with van der Waals surface area (Å²) in [5.41, 5.74) is 2.18. The number of pyridine rings is 1. The van der Waals surface area contributed by atoms with Crippen molar-refractivity contribution >= 4 is 0 Å². The smallest absolute Gasteiger partial charge is 0.182 e. The Labute approximate surface area is 102 Å². The highest BCUT2D eigenvalue weighted by atomic mass is 16.3. The molecule has 0 amide bonds. The predicted molar refractivity (Wildman–Crippen MR) is 68.1 cm³/mol. The van der Waals surface area contributed by atoms with Gasteiger partial charge in [0.25, 0.3) is 0 Å². The first-order chi connectivity index (χ1) is 8.06. The van der Waals surface area contributed by atoms with Gasteiger partial charge in [-0.25, -0.2) is 0 Å². The number of aryl methyl sites for hydroxylation is 2. The first-order valence-corrected chi connectivity index (χ1v) is 6.42. The van der Waals surface area contributed by atoms with Crippen molar-refractivity contribution in [2.75, 3.05) is 0 Å². The van der Waals surface area contributed by atoms with Crippen molar-refractivity contribution in [2.24, 2.45) is 5.92 Å². The van der Waals surface area contributed by atoms with E-state index in [0.29, 0.717) is 5.92 Å². The highest BCUT2D eigenvalue weighted by molar-refractivity contribution is 5.12. The van der Waals surface area contributed by atoms with E-state index in [-0.39, 0.29) is 11.5 Å². The van der Waals surface area contributed by atoms with Crippen LogP contribution in [-0.2, 0) is 6.54 Å². The van der Waals surface area contributed by atoms with Crippen LogP contribution in [0.15, 0.2) is 16.9 Å². The molecule has 2 rings (SSSR count). The molecule has 0 spiro atoms. The molecule has 0 saturated heterocycles. The molecule has 3 heteroatoms. The molecule has 1 heterocycles. The fraction of sp³-hybridized carbons (Fsp3) is 0.643. The van der Waals surface area contributed by atoms with E-state index in [9.17, 15) is 9.90 Å². The molecule has 0 aromatic carbocycles. The highest BCUT2D eigenvalue weighted by Crippen LogP contribution is 2.26. The fourth-order valence-corrected chi connectivity index (χ4v) is 2.76. The van der Waals surface area contributed by atoms with E-state index in [2.05, 4.69) is 4.57 Å². The lowest BCUT2D eigenvalue weighted by Gasteiger charge is -2.27. The lowest BCUT2D eigenvalue weighted by atomic mass is 9.87. The molecule has 1 fully saturated rings. The van der Waals surface area contributed by atoms with Crippen LogP contribution in [0.3, 0.4) is 0 Å². The number of aromatic nitrogens is 1. The van der Waals surface area contributed by atoms with Crippen molar-refractivity contribution < 1.29 is 5.11 Å². The maximum Gasteiger partial charge on any atom is 0.182 e. The van der Waals surface area contributed by atoms with Crippen molar-refractivity contribution in [3.05, 3.63) is 33.7 Å². The van der Waals surface area contributed by atoms with Crippen LogP contribution < -0.4 is 5.43 Å². The number of nitrogens with zero attached hydrogens (tertiary/aromatic N) is 1. The molecule has 0 radical (unpaired) electrons. The topological polar surface area (TPSA) is 42.2 Å². The van der Waals surface area contributed by atoms with Gasteiger partial charge in [-0.1, -0.05) is 0 Å². The van der Waals surface area contributed by atoms with Crippen molar-refractivity contribution in [2.45, 2.75) is 52.2 Å². The fourth-order valence-electron chi connectivity index (χ4n) is 2.76. The van der Waals surface area contributed by atoms with Crippen LogP contribution in [0.4, 0.5) is 0 Å². The minimum absolute atomic E-state index is 0.0929. The highest BCUT2D eigenvalue weighted by Gasteiger charge is 2.20. The molecule has 17 heavy (non-hydrogen) atoms. The molecule has 1 saturated carbocycles. The van der Waals surface area contributed by atoms with Crippen LogP contribution in [0.2, 0.25) is 0 Å². The normalized spacial score (nSPS) is 24.9. The Bertz CT molecular complexity index is 416. The minimum atomic E-state index is -0.0949. The van der Waals surface area contributed by atoms with Gasteiger partial charge in [0.05, 0.1) is 6.10 Å². The first-order valence-electron chi connectivity index (χ1n) is 6.42. The van der Waals surface area contributed by atoms with Crippen LogP contribution in [0.5, 0.6) is 0 Å². The maximum absolute atomic E-state index is 11.4. The Kier molecular flexibility index (Phi) is 3.67. The average Bonchev–Trinajstić information content (AvgIpc) is 2.26. The SMILES string of the molecule is Cc1cc(=O)cc(C)n1CC1CCC(O)CC1. The van der Waals surface area contributed by atoms with Gasteiger partial charge in [0.2, 0.25) is 0 Å². The van der Waals surface area contributed by atoms with Crippen molar-refractivity contribution in [3.8, 4) is 0 Å². The number of aliphatic hydroxyl groups is 1. The van der Waals surface area contributed by atoms with E-state index in [1.807, 2.05) is 13.8 Å². The van der Waals surface area contributed by atoms with Crippen molar-refractivity contribution in [1.29, 1.82) is 0 Å². The molecule has 0 aliphatic heterocycles. The summed E-state index contributed by atoms with van der Waals surface area (Å²) in [4.78, 5) is 11.4. The molecule has 3 nitrogen and oxygen atoms in total. The van der Waals surface area contributed by atoms with E-state index in [1.165, 1.54) is 0 Å². The molecule has 1 aromatic rings. The molecule has 1 aromatic heterocycles. The van der Waals surface area contributed by atoms with E-state index in [1.54, 1.807) is 12.1 Å². The zero-order valence-corrected chi connectivity index (χ0v) is 10.6. The third-order valence-corrected chi connectivity index (χ3v) is 3.81. The van der Waals surface area contributed by atoms with E-state index < -0.39 is 0 Å². The molecule has 0 unspecified atom stereocenters. The van der Waals surface area contributed by atoms with Crippen molar-refractivity contribution in [3.63, 3.8) is 0 Å². The summed E-state index contributed by atoms with van der Waals surface area (Å²) >= 11 is 0. The molecule has 1 aliphatic rings. The molecule has 1 aliphatic carbocycles. The van der Waals surface area contributed by atoms with Crippen LogP contribution in [0, 0.1) is 19.8 Å². The first kappa shape index (κ1) is 12.4. The van der Waals surface area contributed by atoms with Crippen LogP contribution >= 0.6 is 0 Å². The molecule has 0 atom stereocenters. The van der Waals surface area contributed by atoms with Gasteiger partial charge >= 0.3 is 0 Å². The zero-order valence-electron chi connectivity index (χ0n) is 10.6. The van der Waals surface area contributed by atoms with E-state index in [0.717, 1.165) is 43.6 Å². The third kappa shape index (κ3) is 2.97. The molecule has 1 N–H and O–H groups in total. The predicted octanol–water partition coefficient (Wildman–Crippen LogP) is 2.02. The average molecular weight is 235 g/mol. The summed E-state index contributed by atoms with van der Waals surface area (Å²) in [5.74, 6) is 0.637. The van der Waals surface area contributed by atoms with E-state index in [4.69, 9.17) is 0 Å². The van der Waals surface area contributed by atoms with Crippen LogP contribution in [0.25, 0.3) is 0 Å². The van der Waals surface area contributed by atoms with Gasteiger partial charge in [0.1, 0.15) is 0 Å². The number of hydrogen-bond acceptors (Lipinski definition) is 2. The Morgan fingerprint density at radius 1 is 1.18 bits per heavy atom. The summed E-state index contributed by atoms with van der Waals surface area (Å²) in [5, 5.41) is 9.49. The molecular weight excluding hydrogens is 214 g/mol. The monoisotopic (exact) mass is 235 g/mol. The number of hydrogen-bond donors (Lipinski definition) is 1.